The number of alkyl halides is 1. The van der Waals surface area contributed by atoms with Gasteiger partial charge in [0, 0.05) is 46.8 Å². The zero-order valence-electron chi connectivity index (χ0n) is 13.1. The molecule has 24 heavy (non-hydrogen) atoms. The van der Waals surface area contributed by atoms with E-state index < -0.39 is 6.67 Å². The van der Waals surface area contributed by atoms with E-state index in [1.54, 1.807) is 6.20 Å². The van der Waals surface area contributed by atoms with E-state index in [0.717, 1.165) is 16.8 Å². The Hall–Kier alpha value is -2.17. The molecule has 0 amide bonds. The minimum Gasteiger partial charge on any atom is -0.356 e. The topological polar surface area (TPSA) is 17.0 Å². The van der Waals surface area contributed by atoms with Gasteiger partial charge in [-0.3, -0.25) is 0 Å². The monoisotopic (exact) mass is 358 g/mol. The summed E-state index contributed by atoms with van der Waals surface area (Å²) in [7, 11) is 1.85. The molecular formula is C19H16ClFN2S. The number of aromatic nitrogens is 1. The van der Waals surface area contributed by atoms with Crippen LogP contribution in [0.1, 0.15) is 11.1 Å². The lowest BCUT2D eigenvalue weighted by molar-refractivity contribution is 0.484. The van der Waals surface area contributed by atoms with E-state index in [4.69, 9.17) is 23.8 Å². The third-order valence-corrected chi connectivity index (χ3v) is 4.33. The lowest BCUT2D eigenvalue weighted by Gasteiger charge is -2.13. The van der Waals surface area contributed by atoms with Crippen LogP contribution in [0.5, 0.6) is 0 Å². The number of para-hydroxylation sites is 1. The minimum absolute atomic E-state index is 0.504. The Balaban J connectivity index is 1.93. The molecule has 0 saturated carbocycles. The smallest absolute Gasteiger partial charge is 0.117 e. The van der Waals surface area contributed by atoms with Crippen LogP contribution in [0.25, 0.3) is 11.1 Å². The molecule has 1 N–H and O–H groups in total. The number of benzene rings is 2. The zero-order chi connectivity index (χ0) is 17.1. The Labute approximate surface area is 150 Å². The van der Waals surface area contributed by atoms with Crippen LogP contribution >= 0.6 is 23.8 Å². The third-order valence-electron chi connectivity index (χ3n) is 3.76. The first-order chi connectivity index (χ1) is 11.6. The van der Waals surface area contributed by atoms with Gasteiger partial charge in [-0.1, -0.05) is 54.2 Å². The van der Waals surface area contributed by atoms with E-state index in [1.807, 2.05) is 66.3 Å². The number of rotatable bonds is 4. The van der Waals surface area contributed by atoms with Crippen molar-refractivity contribution in [3.8, 4) is 11.1 Å². The van der Waals surface area contributed by atoms with Crippen molar-refractivity contribution in [3.05, 3.63) is 77.1 Å². The van der Waals surface area contributed by atoms with E-state index in [9.17, 15) is 4.39 Å². The van der Waals surface area contributed by atoms with E-state index in [2.05, 4.69) is 5.32 Å². The Morgan fingerprint density at radius 1 is 1.12 bits per heavy atom. The third kappa shape index (κ3) is 3.50. The van der Waals surface area contributed by atoms with Gasteiger partial charge in [0.05, 0.1) is 0 Å². The van der Waals surface area contributed by atoms with Gasteiger partial charge in [0.15, 0.2) is 0 Å². The summed E-state index contributed by atoms with van der Waals surface area (Å²) >= 11 is 11.5. The minimum atomic E-state index is -0.545. The molecule has 0 aliphatic rings. The molecule has 5 heteroatoms. The molecule has 0 unspecified atom stereocenters. The second-order valence-electron chi connectivity index (χ2n) is 5.50. The summed E-state index contributed by atoms with van der Waals surface area (Å²) in [5, 5.41) is 3.94. The number of aryl methyl sites for hydroxylation is 1. The number of hydrogen-bond acceptors (Lipinski definition) is 1. The highest BCUT2D eigenvalue weighted by atomic mass is 35.5. The standard InChI is InChI=1S/C19H16ClFN2S/c1-23-11-14(10-21)17(12-23)19(24)22-18-5-3-2-4-16(18)13-6-8-15(20)9-7-13/h2-9,11-12H,10H2,1H3,(H,22,24). The van der Waals surface area contributed by atoms with Gasteiger partial charge < -0.3 is 9.88 Å². The van der Waals surface area contributed by atoms with Gasteiger partial charge in [0.2, 0.25) is 0 Å². The molecule has 0 atom stereocenters. The van der Waals surface area contributed by atoms with E-state index >= 15 is 0 Å². The Morgan fingerprint density at radius 2 is 1.83 bits per heavy atom. The van der Waals surface area contributed by atoms with Gasteiger partial charge in [-0.15, -0.1) is 0 Å². The first-order valence-corrected chi connectivity index (χ1v) is 8.24. The second-order valence-corrected chi connectivity index (χ2v) is 6.35. The molecule has 0 aliphatic carbocycles. The van der Waals surface area contributed by atoms with E-state index in [1.165, 1.54) is 0 Å². The Bertz CT molecular complexity index is 871. The molecule has 2 nitrogen and oxygen atoms in total. The van der Waals surface area contributed by atoms with Crippen LogP contribution in [0, 0.1) is 0 Å². The number of nitrogens with one attached hydrogen (secondary N) is 1. The molecule has 1 heterocycles. The van der Waals surface area contributed by atoms with Crippen molar-refractivity contribution >= 4 is 34.5 Å². The number of anilines is 1. The Kier molecular flexibility index (Phi) is 4.97. The molecule has 2 aromatic carbocycles. The maximum Gasteiger partial charge on any atom is 0.117 e. The fraction of sp³-hybridized carbons (Fsp3) is 0.105. The maximum atomic E-state index is 13.2. The van der Waals surface area contributed by atoms with Gasteiger partial charge in [0.25, 0.3) is 0 Å². The fourth-order valence-corrected chi connectivity index (χ4v) is 3.03. The molecular weight excluding hydrogens is 343 g/mol. The van der Waals surface area contributed by atoms with Crippen LogP contribution in [0.3, 0.4) is 0 Å². The van der Waals surface area contributed by atoms with Crippen LogP contribution in [0.2, 0.25) is 5.02 Å². The number of halogens is 2. The summed E-state index contributed by atoms with van der Waals surface area (Å²) in [4.78, 5) is 0.504. The summed E-state index contributed by atoms with van der Waals surface area (Å²) < 4.78 is 15.0. The van der Waals surface area contributed by atoms with Crippen LogP contribution in [0.15, 0.2) is 60.9 Å². The predicted octanol–water partition coefficient (Wildman–Crippen LogP) is 5.60. The summed E-state index contributed by atoms with van der Waals surface area (Å²) in [5.74, 6) is 0. The van der Waals surface area contributed by atoms with Gasteiger partial charge in [-0.2, -0.15) is 0 Å². The maximum absolute atomic E-state index is 13.2. The molecule has 0 fully saturated rings. The van der Waals surface area contributed by atoms with Crippen LogP contribution in [-0.2, 0) is 13.7 Å². The van der Waals surface area contributed by atoms with Crippen molar-refractivity contribution < 1.29 is 4.39 Å². The molecule has 0 saturated heterocycles. The summed E-state index contributed by atoms with van der Waals surface area (Å²) in [6.45, 7) is -0.545. The van der Waals surface area contributed by atoms with Crippen LogP contribution < -0.4 is 5.32 Å². The largest absolute Gasteiger partial charge is 0.356 e. The zero-order valence-corrected chi connectivity index (χ0v) is 14.7. The normalized spacial score (nSPS) is 10.6. The summed E-state index contributed by atoms with van der Waals surface area (Å²) in [6, 6.07) is 15.5. The molecule has 1 aromatic heterocycles. The highest BCUT2D eigenvalue weighted by Gasteiger charge is 2.12. The first-order valence-electron chi connectivity index (χ1n) is 7.45. The molecule has 0 radical (unpaired) electrons. The SMILES string of the molecule is Cn1cc(CF)c(C(=S)Nc2ccccc2-c2ccc(Cl)cc2)c1. The second kappa shape index (κ2) is 7.16. The summed E-state index contributed by atoms with van der Waals surface area (Å²) in [6.07, 6.45) is 3.57. The van der Waals surface area contributed by atoms with Crippen LogP contribution in [0.4, 0.5) is 10.1 Å². The van der Waals surface area contributed by atoms with Crippen molar-refractivity contribution in [2.75, 3.05) is 5.32 Å². The average molecular weight is 359 g/mol. The molecule has 0 spiro atoms. The lowest BCUT2D eigenvalue weighted by atomic mass is 10.0. The number of thiocarbonyl (C=S) groups is 1. The fourth-order valence-electron chi connectivity index (χ4n) is 2.61. The first kappa shape index (κ1) is 16.7. The quantitative estimate of drug-likeness (QED) is 0.611. The van der Waals surface area contributed by atoms with Crippen molar-refractivity contribution in [3.63, 3.8) is 0 Å². The molecule has 0 aliphatic heterocycles. The Morgan fingerprint density at radius 3 is 2.54 bits per heavy atom. The molecule has 3 rings (SSSR count). The van der Waals surface area contributed by atoms with Gasteiger partial charge in [-0.05, 0) is 23.8 Å². The van der Waals surface area contributed by atoms with Gasteiger partial charge in [0.1, 0.15) is 11.7 Å². The number of nitrogens with zero attached hydrogens (tertiary/aromatic N) is 1. The van der Waals surface area contributed by atoms with Crippen LogP contribution in [-0.4, -0.2) is 9.56 Å². The molecule has 122 valence electrons. The van der Waals surface area contributed by atoms with E-state index in [-0.39, 0.29) is 0 Å². The van der Waals surface area contributed by atoms with Crippen molar-refractivity contribution in [1.82, 2.24) is 4.57 Å². The van der Waals surface area contributed by atoms with Gasteiger partial charge >= 0.3 is 0 Å². The highest BCUT2D eigenvalue weighted by Crippen LogP contribution is 2.29. The lowest BCUT2D eigenvalue weighted by Crippen LogP contribution is -2.12. The summed E-state index contributed by atoms with van der Waals surface area (Å²) in [5.41, 5.74) is 4.21. The van der Waals surface area contributed by atoms with Crippen molar-refractivity contribution in [2.24, 2.45) is 7.05 Å². The van der Waals surface area contributed by atoms with Crippen molar-refractivity contribution in [2.45, 2.75) is 6.67 Å². The average Bonchev–Trinajstić information content (AvgIpc) is 2.97. The highest BCUT2D eigenvalue weighted by molar-refractivity contribution is 7.81. The molecule has 3 aromatic rings. The van der Waals surface area contributed by atoms with Gasteiger partial charge in [-0.25, -0.2) is 4.39 Å². The number of hydrogen-bond donors (Lipinski definition) is 1. The molecule has 0 bridgehead atoms. The predicted molar refractivity (Wildman–Crippen MR) is 102 cm³/mol. The van der Waals surface area contributed by atoms with E-state index in [0.29, 0.717) is 21.1 Å². The van der Waals surface area contributed by atoms with Crippen molar-refractivity contribution in [1.29, 1.82) is 0 Å².